The van der Waals surface area contributed by atoms with E-state index in [1.807, 2.05) is 37.3 Å². The monoisotopic (exact) mass is 380 g/mol. The van der Waals surface area contributed by atoms with Crippen LogP contribution in [0.2, 0.25) is 10.0 Å². The molecule has 0 unspecified atom stereocenters. The summed E-state index contributed by atoms with van der Waals surface area (Å²) in [6.07, 6.45) is 0. The normalized spacial score (nSPS) is 10.8. The molecule has 0 aliphatic heterocycles. The largest absolute Gasteiger partial charge is 0.484 e. The second-order valence-electron chi connectivity index (χ2n) is 5.09. The van der Waals surface area contributed by atoms with E-state index in [1.165, 1.54) is 11.8 Å². The molecule has 1 heterocycles. The number of benzene rings is 2. The fourth-order valence-corrected chi connectivity index (χ4v) is 3.32. The molecule has 24 heavy (non-hydrogen) atoms. The van der Waals surface area contributed by atoms with Gasteiger partial charge in [0, 0.05) is 15.8 Å². The zero-order valence-electron chi connectivity index (χ0n) is 12.8. The third kappa shape index (κ3) is 4.66. The first-order chi connectivity index (χ1) is 11.6. The van der Waals surface area contributed by atoms with Gasteiger partial charge >= 0.3 is 0 Å². The Labute approximate surface area is 154 Å². The van der Waals surface area contributed by atoms with Crippen LogP contribution in [0.5, 0.6) is 5.75 Å². The highest BCUT2D eigenvalue weighted by molar-refractivity contribution is 7.98. The summed E-state index contributed by atoms with van der Waals surface area (Å²) in [6.45, 7) is 2.24. The molecule has 0 amide bonds. The Morgan fingerprint density at radius 1 is 1.12 bits per heavy atom. The number of halogens is 2. The standard InChI is InChI=1S/C17H14Cl2N2O2S/c1-11-3-2-4-14(7-11)22-9-16-20-21-17(23-16)24-10-12-5-6-13(18)8-15(12)19/h2-8H,9-10H2,1H3. The molecule has 0 spiro atoms. The van der Waals surface area contributed by atoms with E-state index in [-0.39, 0.29) is 6.61 Å². The third-order valence-electron chi connectivity index (χ3n) is 3.17. The summed E-state index contributed by atoms with van der Waals surface area (Å²) in [6, 6.07) is 13.2. The minimum atomic E-state index is 0.235. The molecule has 3 aromatic rings. The summed E-state index contributed by atoms with van der Waals surface area (Å²) < 4.78 is 11.2. The Balaban J connectivity index is 1.55. The highest BCUT2D eigenvalue weighted by atomic mass is 35.5. The maximum Gasteiger partial charge on any atom is 0.277 e. The first-order valence-corrected chi connectivity index (χ1v) is 8.93. The number of hydrogen-bond acceptors (Lipinski definition) is 5. The summed E-state index contributed by atoms with van der Waals surface area (Å²) in [5, 5.41) is 9.70. The van der Waals surface area contributed by atoms with E-state index in [1.54, 1.807) is 12.1 Å². The lowest BCUT2D eigenvalue weighted by Gasteiger charge is -2.03. The van der Waals surface area contributed by atoms with Gasteiger partial charge in [0.1, 0.15) is 5.75 Å². The Kier molecular flexibility index (Phi) is 5.66. The molecule has 0 N–H and O–H groups in total. The Hall–Kier alpha value is -1.69. The van der Waals surface area contributed by atoms with Gasteiger partial charge in [0.05, 0.1) is 0 Å². The predicted molar refractivity (Wildman–Crippen MR) is 95.8 cm³/mol. The van der Waals surface area contributed by atoms with Gasteiger partial charge in [-0.1, -0.05) is 53.2 Å². The Morgan fingerprint density at radius 3 is 2.79 bits per heavy atom. The van der Waals surface area contributed by atoms with Crippen LogP contribution in [-0.2, 0) is 12.4 Å². The van der Waals surface area contributed by atoms with Crippen molar-refractivity contribution in [3.05, 3.63) is 69.5 Å². The van der Waals surface area contributed by atoms with E-state index < -0.39 is 0 Å². The summed E-state index contributed by atoms with van der Waals surface area (Å²) in [5.41, 5.74) is 2.09. The molecule has 0 radical (unpaired) electrons. The Morgan fingerprint density at radius 2 is 2.00 bits per heavy atom. The van der Waals surface area contributed by atoms with Crippen molar-refractivity contribution in [1.29, 1.82) is 0 Å². The van der Waals surface area contributed by atoms with Gasteiger partial charge in [-0.3, -0.25) is 0 Å². The van der Waals surface area contributed by atoms with Crippen LogP contribution in [0.15, 0.2) is 52.1 Å². The fraction of sp³-hybridized carbons (Fsp3) is 0.176. The molecule has 0 saturated carbocycles. The maximum atomic E-state index is 6.15. The van der Waals surface area contributed by atoms with Crippen LogP contribution in [0.3, 0.4) is 0 Å². The van der Waals surface area contributed by atoms with E-state index in [9.17, 15) is 0 Å². The van der Waals surface area contributed by atoms with Gasteiger partial charge in [0.25, 0.3) is 11.1 Å². The summed E-state index contributed by atoms with van der Waals surface area (Å²) in [5.74, 6) is 1.83. The summed E-state index contributed by atoms with van der Waals surface area (Å²) in [4.78, 5) is 0. The van der Waals surface area contributed by atoms with Crippen LogP contribution >= 0.6 is 35.0 Å². The molecule has 124 valence electrons. The van der Waals surface area contributed by atoms with Crippen LogP contribution in [0, 0.1) is 6.92 Å². The molecule has 1 aromatic heterocycles. The number of hydrogen-bond donors (Lipinski definition) is 0. The second kappa shape index (κ2) is 7.92. The molecule has 4 nitrogen and oxygen atoms in total. The van der Waals surface area contributed by atoms with Crippen LogP contribution in [0.1, 0.15) is 17.0 Å². The molecule has 0 aliphatic carbocycles. The maximum absolute atomic E-state index is 6.15. The SMILES string of the molecule is Cc1cccc(OCc2nnc(SCc3ccc(Cl)cc3Cl)o2)c1. The lowest BCUT2D eigenvalue weighted by atomic mass is 10.2. The number of ether oxygens (including phenoxy) is 1. The quantitative estimate of drug-likeness (QED) is 0.524. The van der Waals surface area contributed by atoms with Crippen LogP contribution in [-0.4, -0.2) is 10.2 Å². The molecule has 0 aliphatic rings. The van der Waals surface area contributed by atoms with E-state index in [4.69, 9.17) is 32.4 Å². The first-order valence-electron chi connectivity index (χ1n) is 7.19. The minimum absolute atomic E-state index is 0.235. The molecule has 0 saturated heterocycles. The van der Waals surface area contributed by atoms with Gasteiger partial charge in [-0.25, -0.2) is 0 Å². The molecule has 3 rings (SSSR count). The first kappa shape index (κ1) is 17.1. The molecule has 7 heteroatoms. The fourth-order valence-electron chi connectivity index (χ4n) is 1.98. The van der Waals surface area contributed by atoms with Gasteiger partial charge in [-0.15, -0.1) is 10.2 Å². The van der Waals surface area contributed by atoms with Crippen molar-refractivity contribution in [2.45, 2.75) is 24.5 Å². The van der Waals surface area contributed by atoms with Gasteiger partial charge in [0.2, 0.25) is 0 Å². The molecular formula is C17H14Cl2N2O2S. The highest BCUT2D eigenvalue weighted by Gasteiger charge is 2.09. The van der Waals surface area contributed by atoms with Gasteiger partial charge < -0.3 is 9.15 Å². The van der Waals surface area contributed by atoms with Crippen molar-refractivity contribution in [1.82, 2.24) is 10.2 Å². The number of thioether (sulfide) groups is 1. The molecule has 2 aromatic carbocycles. The molecule has 0 fully saturated rings. The predicted octanol–water partition coefficient (Wildman–Crippen LogP) is 5.56. The van der Waals surface area contributed by atoms with Crippen LogP contribution in [0.4, 0.5) is 0 Å². The lowest BCUT2D eigenvalue weighted by molar-refractivity contribution is 0.252. The number of aromatic nitrogens is 2. The van der Waals surface area contributed by atoms with Crippen molar-refractivity contribution in [2.24, 2.45) is 0 Å². The third-order valence-corrected chi connectivity index (χ3v) is 4.62. The van der Waals surface area contributed by atoms with E-state index in [0.29, 0.717) is 26.9 Å². The second-order valence-corrected chi connectivity index (χ2v) is 6.86. The smallest absolute Gasteiger partial charge is 0.277 e. The zero-order chi connectivity index (χ0) is 16.9. The average Bonchev–Trinajstić information content (AvgIpc) is 3.00. The van der Waals surface area contributed by atoms with Crippen LogP contribution < -0.4 is 4.74 Å². The average molecular weight is 381 g/mol. The van der Waals surface area contributed by atoms with E-state index in [2.05, 4.69) is 10.2 Å². The van der Waals surface area contributed by atoms with Gasteiger partial charge in [-0.2, -0.15) is 0 Å². The molecular weight excluding hydrogens is 367 g/mol. The molecule has 0 bridgehead atoms. The molecule has 0 atom stereocenters. The summed E-state index contributed by atoms with van der Waals surface area (Å²) >= 11 is 13.4. The number of rotatable bonds is 6. The summed E-state index contributed by atoms with van der Waals surface area (Å²) in [7, 11) is 0. The number of aryl methyl sites for hydroxylation is 1. The van der Waals surface area contributed by atoms with Crippen molar-refractivity contribution >= 4 is 35.0 Å². The van der Waals surface area contributed by atoms with Crippen molar-refractivity contribution in [2.75, 3.05) is 0 Å². The number of nitrogens with zero attached hydrogens (tertiary/aromatic N) is 2. The van der Waals surface area contributed by atoms with Crippen molar-refractivity contribution in [3.8, 4) is 5.75 Å². The van der Waals surface area contributed by atoms with E-state index >= 15 is 0 Å². The van der Waals surface area contributed by atoms with Crippen molar-refractivity contribution in [3.63, 3.8) is 0 Å². The van der Waals surface area contributed by atoms with Crippen LogP contribution in [0.25, 0.3) is 0 Å². The lowest BCUT2D eigenvalue weighted by Crippen LogP contribution is -1.95. The highest BCUT2D eigenvalue weighted by Crippen LogP contribution is 2.28. The van der Waals surface area contributed by atoms with E-state index in [0.717, 1.165) is 16.9 Å². The zero-order valence-corrected chi connectivity index (χ0v) is 15.2. The topological polar surface area (TPSA) is 48.2 Å². The van der Waals surface area contributed by atoms with Crippen molar-refractivity contribution < 1.29 is 9.15 Å². The Bertz CT molecular complexity index is 839. The minimum Gasteiger partial charge on any atom is -0.484 e. The van der Waals surface area contributed by atoms with Gasteiger partial charge in [-0.05, 0) is 42.3 Å². The van der Waals surface area contributed by atoms with Gasteiger partial charge in [0.15, 0.2) is 6.61 Å².